The number of carbonyl (C=O) groups excluding carboxylic acids is 1. The van der Waals surface area contributed by atoms with Crippen molar-refractivity contribution in [3.05, 3.63) is 17.2 Å². The molecule has 1 aromatic rings. The molecule has 3 unspecified atom stereocenters. The van der Waals surface area contributed by atoms with Gasteiger partial charge in [0, 0.05) is 29.9 Å². The van der Waals surface area contributed by atoms with Crippen molar-refractivity contribution in [2.45, 2.75) is 43.6 Å². The Labute approximate surface area is 129 Å². The smallest absolute Gasteiger partial charge is 0.203 e. The highest BCUT2D eigenvalue weighted by Crippen LogP contribution is 2.58. The average molecular weight is 303 g/mol. The molecule has 1 aromatic carbocycles. The minimum atomic E-state index is -0.302. The lowest BCUT2D eigenvalue weighted by atomic mass is 9.52. The zero-order valence-electron chi connectivity index (χ0n) is 12.7. The van der Waals surface area contributed by atoms with Crippen LogP contribution >= 0.6 is 0 Å². The van der Waals surface area contributed by atoms with E-state index in [1.54, 1.807) is 6.07 Å². The predicted molar refractivity (Wildman–Crippen MR) is 80.5 cm³/mol. The van der Waals surface area contributed by atoms with E-state index >= 15 is 0 Å². The lowest BCUT2D eigenvalue weighted by Crippen LogP contribution is -2.60. The number of Topliss-reactive ketones (excluding diaryl/α,β-unsaturated/α-hetero) is 1. The molecular formula is C17H21NO4. The van der Waals surface area contributed by atoms with Gasteiger partial charge < -0.3 is 20.3 Å². The van der Waals surface area contributed by atoms with Crippen LogP contribution in [0.1, 0.15) is 36.8 Å². The Morgan fingerprint density at radius 1 is 1.41 bits per heavy atom. The molecule has 1 saturated carbocycles. The number of phenolic OH excluding ortho intramolecular Hbond substituents is 2. The Morgan fingerprint density at radius 3 is 3.00 bits per heavy atom. The van der Waals surface area contributed by atoms with Crippen LogP contribution in [0.3, 0.4) is 0 Å². The summed E-state index contributed by atoms with van der Waals surface area (Å²) < 4.78 is 5.18. The van der Waals surface area contributed by atoms with E-state index in [0.29, 0.717) is 24.8 Å². The number of benzene rings is 1. The van der Waals surface area contributed by atoms with Gasteiger partial charge in [0.25, 0.3) is 0 Å². The lowest BCUT2D eigenvalue weighted by Gasteiger charge is -2.55. The first kappa shape index (κ1) is 13.9. The summed E-state index contributed by atoms with van der Waals surface area (Å²) in [5.41, 5.74) is 1.49. The summed E-state index contributed by atoms with van der Waals surface area (Å²) in [4.78, 5) is 12.2. The van der Waals surface area contributed by atoms with E-state index < -0.39 is 0 Å². The van der Waals surface area contributed by atoms with Crippen LogP contribution in [0.15, 0.2) is 6.07 Å². The van der Waals surface area contributed by atoms with Crippen molar-refractivity contribution in [2.24, 2.45) is 5.92 Å². The Bertz CT molecular complexity index is 657. The molecule has 22 heavy (non-hydrogen) atoms. The molecule has 0 spiro atoms. The standard InChI is InChI=1S/C17H21NO4/c1-22-16-13(20)7-9-6-12-11-3-2-10(19)8-17(11,4-5-18-12)14(9)15(16)21/h7,11-12,18,20-21H,2-6,8H2,1H3. The number of hydrogen-bond donors (Lipinski definition) is 3. The zero-order valence-corrected chi connectivity index (χ0v) is 12.7. The molecule has 5 heteroatoms. The predicted octanol–water partition coefficient (Wildman–Crippen LogP) is 1.63. The van der Waals surface area contributed by atoms with Crippen LogP contribution in [-0.4, -0.2) is 35.7 Å². The van der Waals surface area contributed by atoms with E-state index in [9.17, 15) is 15.0 Å². The van der Waals surface area contributed by atoms with E-state index in [2.05, 4.69) is 5.32 Å². The average Bonchev–Trinajstić information content (AvgIpc) is 2.45. The third kappa shape index (κ3) is 1.66. The SMILES string of the molecule is COc1c(O)cc2c(c1O)C13CCNC(C2)C1CCC(=O)C3. The van der Waals surface area contributed by atoms with Crippen molar-refractivity contribution in [2.75, 3.05) is 13.7 Å². The van der Waals surface area contributed by atoms with Gasteiger partial charge in [-0.1, -0.05) is 0 Å². The summed E-state index contributed by atoms with van der Waals surface area (Å²) in [6.45, 7) is 0.858. The van der Waals surface area contributed by atoms with E-state index in [1.165, 1.54) is 7.11 Å². The summed E-state index contributed by atoms with van der Waals surface area (Å²) in [6, 6.07) is 2.02. The minimum Gasteiger partial charge on any atom is -0.504 e. The summed E-state index contributed by atoms with van der Waals surface area (Å²) in [5, 5.41) is 24.4. The van der Waals surface area contributed by atoms with E-state index in [1.807, 2.05) is 0 Å². The van der Waals surface area contributed by atoms with Crippen LogP contribution in [0, 0.1) is 5.92 Å². The van der Waals surface area contributed by atoms with Crippen LogP contribution < -0.4 is 10.1 Å². The Hall–Kier alpha value is -1.75. The second-order valence-corrected chi connectivity index (χ2v) is 6.84. The van der Waals surface area contributed by atoms with Crippen LogP contribution in [0.2, 0.25) is 0 Å². The van der Waals surface area contributed by atoms with Crippen molar-refractivity contribution in [3.63, 3.8) is 0 Å². The van der Waals surface area contributed by atoms with Crippen LogP contribution in [0.25, 0.3) is 0 Å². The molecule has 1 heterocycles. The maximum atomic E-state index is 12.2. The van der Waals surface area contributed by atoms with Gasteiger partial charge in [-0.15, -0.1) is 0 Å². The molecular weight excluding hydrogens is 282 g/mol. The highest BCUT2D eigenvalue weighted by molar-refractivity contribution is 5.82. The third-order valence-electron chi connectivity index (χ3n) is 5.88. The molecule has 0 aromatic heterocycles. The van der Waals surface area contributed by atoms with Gasteiger partial charge in [0.2, 0.25) is 5.75 Å². The van der Waals surface area contributed by atoms with Crippen molar-refractivity contribution in [1.29, 1.82) is 0 Å². The highest BCUT2D eigenvalue weighted by atomic mass is 16.5. The van der Waals surface area contributed by atoms with Gasteiger partial charge in [0.15, 0.2) is 11.5 Å². The monoisotopic (exact) mass is 303 g/mol. The van der Waals surface area contributed by atoms with Crippen LogP contribution in [0.4, 0.5) is 0 Å². The first-order chi connectivity index (χ1) is 10.6. The van der Waals surface area contributed by atoms with Gasteiger partial charge in [0.1, 0.15) is 5.78 Å². The lowest BCUT2D eigenvalue weighted by molar-refractivity contribution is -0.125. The Balaban J connectivity index is 1.98. The number of rotatable bonds is 1. The van der Waals surface area contributed by atoms with Crippen LogP contribution in [-0.2, 0) is 16.6 Å². The molecule has 2 fully saturated rings. The molecule has 0 radical (unpaired) electrons. The maximum Gasteiger partial charge on any atom is 0.203 e. The van der Waals surface area contributed by atoms with Gasteiger partial charge in [-0.2, -0.15) is 0 Å². The third-order valence-corrected chi connectivity index (χ3v) is 5.88. The summed E-state index contributed by atoms with van der Waals surface area (Å²) in [7, 11) is 1.44. The fourth-order valence-corrected chi connectivity index (χ4v) is 5.10. The van der Waals surface area contributed by atoms with Gasteiger partial charge in [-0.25, -0.2) is 0 Å². The normalized spacial score (nSPS) is 33.0. The molecule has 3 atom stereocenters. The maximum absolute atomic E-state index is 12.2. The number of carbonyl (C=O) groups is 1. The van der Waals surface area contributed by atoms with Crippen molar-refractivity contribution >= 4 is 5.78 Å². The Kier molecular flexibility index (Phi) is 2.92. The van der Waals surface area contributed by atoms with Crippen molar-refractivity contribution < 1.29 is 19.7 Å². The first-order valence-electron chi connectivity index (χ1n) is 7.94. The number of piperidine rings is 1. The van der Waals surface area contributed by atoms with Gasteiger partial charge in [-0.05, 0) is 43.4 Å². The van der Waals surface area contributed by atoms with Gasteiger partial charge in [-0.3, -0.25) is 4.79 Å². The van der Waals surface area contributed by atoms with Crippen molar-refractivity contribution in [1.82, 2.24) is 5.32 Å². The summed E-state index contributed by atoms with van der Waals surface area (Å²) >= 11 is 0. The van der Waals surface area contributed by atoms with Gasteiger partial charge >= 0.3 is 0 Å². The molecule has 118 valence electrons. The summed E-state index contributed by atoms with van der Waals surface area (Å²) in [6.07, 6.45) is 3.62. The largest absolute Gasteiger partial charge is 0.504 e. The molecule has 3 aliphatic rings. The fourth-order valence-electron chi connectivity index (χ4n) is 5.10. The number of nitrogens with one attached hydrogen (secondary N) is 1. The molecule has 1 aliphatic heterocycles. The van der Waals surface area contributed by atoms with E-state index in [4.69, 9.17) is 4.74 Å². The zero-order chi connectivity index (χ0) is 15.5. The molecule has 2 bridgehead atoms. The number of aromatic hydroxyl groups is 2. The first-order valence-corrected chi connectivity index (χ1v) is 7.94. The second-order valence-electron chi connectivity index (χ2n) is 6.84. The number of methoxy groups -OCH3 is 1. The molecule has 3 N–H and O–H groups in total. The quantitative estimate of drug-likeness (QED) is 0.735. The number of phenols is 2. The highest BCUT2D eigenvalue weighted by Gasteiger charge is 2.55. The van der Waals surface area contributed by atoms with Crippen LogP contribution in [0.5, 0.6) is 17.2 Å². The molecule has 4 rings (SSSR count). The van der Waals surface area contributed by atoms with Gasteiger partial charge in [0.05, 0.1) is 7.11 Å². The fraction of sp³-hybridized carbons (Fsp3) is 0.588. The number of ether oxygens (including phenoxy) is 1. The molecule has 5 nitrogen and oxygen atoms in total. The number of fused-ring (bicyclic) bond motifs is 1. The Morgan fingerprint density at radius 2 is 2.23 bits per heavy atom. The topological polar surface area (TPSA) is 78.8 Å². The summed E-state index contributed by atoms with van der Waals surface area (Å²) in [5.74, 6) is 0.760. The van der Waals surface area contributed by atoms with E-state index in [-0.39, 0.29) is 28.4 Å². The molecule has 0 amide bonds. The van der Waals surface area contributed by atoms with E-state index in [0.717, 1.165) is 36.9 Å². The minimum absolute atomic E-state index is 0.0255. The van der Waals surface area contributed by atoms with Crippen molar-refractivity contribution in [3.8, 4) is 17.2 Å². The number of ketones is 1. The second kappa shape index (κ2) is 4.62. The molecule has 2 aliphatic carbocycles. The number of hydrogen-bond acceptors (Lipinski definition) is 5. The molecule has 1 saturated heterocycles.